The van der Waals surface area contributed by atoms with E-state index in [1.807, 2.05) is 35.0 Å². The lowest BCUT2D eigenvalue weighted by molar-refractivity contribution is -0.129. The molecule has 102 valence electrons. The molecule has 1 atom stereocenters. The van der Waals surface area contributed by atoms with Crippen molar-refractivity contribution in [1.82, 2.24) is 9.38 Å². The zero-order valence-electron chi connectivity index (χ0n) is 10.6. The van der Waals surface area contributed by atoms with Crippen LogP contribution in [-0.2, 0) is 4.79 Å². The Balaban J connectivity index is 1.95. The van der Waals surface area contributed by atoms with E-state index in [0.717, 1.165) is 17.8 Å². The molecular weight excluding hydrogens is 258 g/mol. The molecule has 0 aromatic carbocycles. The summed E-state index contributed by atoms with van der Waals surface area (Å²) in [6.45, 7) is 0.601. The predicted octanol–water partition coefficient (Wildman–Crippen LogP) is 0.662. The molecule has 7 heteroatoms. The van der Waals surface area contributed by atoms with Crippen molar-refractivity contribution in [2.75, 3.05) is 6.54 Å². The van der Waals surface area contributed by atoms with Gasteiger partial charge in [0.1, 0.15) is 11.5 Å². The Morgan fingerprint density at radius 2 is 2.35 bits per heavy atom. The first kappa shape index (κ1) is 12.3. The molecule has 0 radical (unpaired) electrons. The zero-order chi connectivity index (χ0) is 14.1. The first-order valence-corrected chi connectivity index (χ1v) is 6.20. The Morgan fingerprint density at radius 3 is 3.10 bits per heavy atom. The second-order valence-electron chi connectivity index (χ2n) is 4.52. The van der Waals surface area contributed by atoms with Gasteiger partial charge in [-0.2, -0.15) is 0 Å². The van der Waals surface area contributed by atoms with Crippen LogP contribution in [-0.4, -0.2) is 38.7 Å². The number of nitrogens with two attached hydrogens (primary N) is 1. The number of rotatable bonds is 1. The van der Waals surface area contributed by atoms with Gasteiger partial charge in [0.15, 0.2) is 0 Å². The molecule has 3 heterocycles. The fraction of sp³-hybridized carbons (Fsp3) is 0.231. The fourth-order valence-corrected chi connectivity index (χ4v) is 2.23. The van der Waals surface area contributed by atoms with E-state index in [1.165, 1.54) is 0 Å². The Kier molecular flexibility index (Phi) is 2.94. The number of aliphatic imine (C=N–C) groups is 2. The number of carbonyl (C=O) groups is 1. The summed E-state index contributed by atoms with van der Waals surface area (Å²) in [6.07, 6.45) is 4.58. The van der Waals surface area contributed by atoms with Crippen LogP contribution in [0.25, 0.3) is 5.65 Å². The standard InChI is InChI=1S/C13H13N5O2/c14-11(13(19)20)17-12-8(4-5-15-12)9-7-18-6-2-1-3-10(18)16-9/h1-3,6-8H,4-5H2,(H,19,20)(H2,14,15,17). The summed E-state index contributed by atoms with van der Waals surface area (Å²) in [6, 6.07) is 5.74. The van der Waals surface area contributed by atoms with Gasteiger partial charge in [-0.1, -0.05) is 6.07 Å². The number of carboxylic acid groups (broad SMARTS) is 1. The molecule has 0 bridgehead atoms. The molecular formula is C13H13N5O2. The highest BCUT2D eigenvalue weighted by Gasteiger charge is 2.26. The molecule has 0 spiro atoms. The third kappa shape index (κ3) is 2.13. The minimum atomic E-state index is -1.24. The van der Waals surface area contributed by atoms with Gasteiger partial charge >= 0.3 is 5.97 Å². The summed E-state index contributed by atoms with van der Waals surface area (Å²) in [4.78, 5) is 23.4. The number of imidazole rings is 1. The maximum absolute atomic E-state index is 10.7. The van der Waals surface area contributed by atoms with Crippen molar-refractivity contribution in [3.8, 4) is 0 Å². The molecule has 7 nitrogen and oxygen atoms in total. The molecule has 0 saturated heterocycles. The van der Waals surface area contributed by atoms with Gasteiger partial charge in [0.25, 0.3) is 0 Å². The van der Waals surface area contributed by atoms with Crippen LogP contribution >= 0.6 is 0 Å². The van der Waals surface area contributed by atoms with Crippen molar-refractivity contribution in [2.45, 2.75) is 12.3 Å². The van der Waals surface area contributed by atoms with Crippen LogP contribution in [0.5, 0.6) is 0 Å². The first-order chi connectivity index (χ1) is 9.65. The van der Waals surface area contributed by atoms with E-state index in [-0.39, 0.29) is 5.92 Å². The number of amidine groups is 2. The van der Waals surface area contributed by atoms with Crippen molar-refractivity contribution in [1.29, 1.82) is 0 Å². The molecule has 3 N–H and O–H groups in total. The lowest BCUT2D eigenvalue weighted by atomic mass is 10.0. The minimum Gasteiger partial charge on any atom is -0.475 e. The van der Waals surface area contributed by atoms with Crippen molar-refractivity contribution in [3.05, 3.63) is 36.3 Å². The Hall–Kier alpha value is -2.70. The van der Waals surface area contributed by atoms with Crippen LogP contribution in [0.4, 0.5) is 0 Å². The smallest absolute Gasteiger partial charge is 0.371 e. The summed E-state index contributed by atoms with van der Waals surface area (Å²) in [7, 11) is 0. The molecule has 1 aliphatic heterocycles. The van der Waals surface area contributed by atoms with E-state index in [4.69, 9.17) is 10.8 Å². The van der Waals surface area contributed by atoms with E-state index >= 15 is 0 Å². The largest absolute Gasteiger partial charge is 0.475 e. The molecule has 2 aromatic rings. The van der Waals surface area contributed by atoms with E-state index < -0.39 is 11.8 Å². The third-order valence-electron chi connectivity index (χ3n) is 3.20. The van der Waals surface area contributed by atoms with E-state index in [0.29, 0.717) is 12.4 Å². The molecule has 0 aliphatic carbocycles. The van der Waals surface area contributed by atoms with Crippen molar-refractivity contribution < 1.29 is 9.90 Å². The minimum absolute atomic E-state index is 0.104. The third-order valence-corrected chi connectivity index (χ3v) is 3.20. The topological polar surface area (TPSA) is 105 Å². The van der Waals surface area contributed by atoms with Crippen LogP contribution in [0, 0.1) is 0 Å². The molecule has 2 aromatic heterocycles. The van der Waals surface area contributed by atoms with Crippen molar-refractivity contribution in [3.63, 3.8) is 0 Å². The maximum Gasteiger partial charge on any atom is 0.371 e. The number of carboxylic acids is 1. The predicted molar refractivity (Wildman–Crippen MR) is 74.1 cm³/mol. The SMILES string of the molecule is NC(=NC1=NCCC1c1cn2ccccc2n1)C(=O)O. The van der Waals surface area contributed by atoms with Crippen molar-refractivity contribution in [2.24, 2.45) is 15.7 Å². The molecule has 0 saturated carbocycles. The molecule has 0 fully saturated rings. The second-order valence-corrected chi connectivity index (χ2v) is 4.52. The van der Waals surface area contributed by atoms with Gasteiger partial charge in [0, 0.05) is 18.9 Å². The monoisotopic (exact) mass is 271 g/mol. The van der Waals surface area contributed by atoms with Gasteiger partial charge in [-0.15, -0.1) is 0 Å². The molecule has 20 heavy (non-hydrogen) atoms. The summed E-state index contributed by atoms with van der Waals surface area (Å²) in [5.41, 5.74) is 7.02. The van der Waals surface area contributed by atoms with Crippen LogP contribution in [0.15, 0.2) is 40.6 Å². The van der Waals surface area contributed by atoms with Gasteiger partial charge in [-0.3, -0.25) is 4.99 Å². The number of aliphatic carboxylic acids is 1. The highest BCUT2D eigenvalue weighted by molar-refractivity contribution is 6.35. The molecule has 0 amide bonds. The highest BCUT2D eigenvalue weighted by atomic mass is 16.4. The summed E-state index contributed by atoms with van der Waals surface area (Å²) >= 11 is 0. The molecule has 3 rings (SSSR count). The number of pyridine rings is 1. The van der Waals surface area contributed by atoms with Crippen molar-refractivity contribution >= 4 is 23.3 Å². The van der Waals surface area contributed by atoms with E-state index in [9.17, 15) is 4.79 Å². The summed E-state index contributed by atoms with van der Waals surface area (Å²) < 4.78 is 1.91. The number of hydrogen-bond donors (Lipinski definition) is 2. The Morgan fingerprint density at radius 1 is 1.50 bits per heavy atom. The van der Waals surface area contributed by atoms with Crippen LogP contribution in [0.3, 0.4) is 0 Å². The maximum atomic E-state index is 10.7. The number of fused-ring (bicyclic) bond motifs is 1. The number of aromatic nitrogens is 2. The average molecular weight is 271 g/mol. The highest BCUT2D eigenvalue weighted by Crippen LogP contribution is 2.26. The lowest BCUT2D eigenvalue weighted by Crippen LogP contribution is -2.25. The van der Waals surface area contributed by atoms with Gasteiger partial charge in [0.05, 0.1) is 11.6 Å². The zero-order valence-corrected chi connectivity index (χ0v) is 10.6. The van der Waals surface area contributed by atoms with Crippen LogP contribution < -0.4 is 5.73 Å². The lowest BCUT2D eigenvalue weighted by Gasteiger charge is -2.06. The van der Waals surface area contributed by atoms with Gasteiger partial charge in [0.2, 0.25) is 5.84 Å². The number of hydrogen-bond acceptors (Lipinski definition) is 4. The van der Waals surface area contributed by atoms with Crippen LogP contribution in [0.1, 0.15) is 18.0 Å². The van der Waals surface area contributed by atoms with E-state index in [1.54, 1.807) is 0 Å². The second kappa shape index (κ2) is 4.76. The number of nitrogens with zero attached hydrogens (tertiary/aromatic N) is 4. The van der Waals surface area contributed by atoms with Gasteiger partial charge in [-0.05, 0) is 18.6 Å². The van der Waals surface area contributed by atoms with Crippen LogP contribution in [0.2, 0.25) is 0 Å². The average Bonchev–Trinajstić information content (AvgIpc) is 3.03. The Bertz CT molecular complexity index is 698. The first-order valence-electron chi connectivity index (χ1n) is 6.20. The van der Waals surface area contributed by atoms with E-state index in [2.05, 4.69) is 15.0 Å². The normalized spacial score (nSPS) is 19.3. The molecule has 1 unspecified atom stereocenters. The Labute approximate surface area is 114 Å². The summed E-state index contributed by atoms with van der Waals surface area (Å²) in [5.74, 6) is -1.35. The fourth-order valence-electron chi connectivity index (χ4n) is 2.23. The van der Waals surface area contributed by atoms with Gasteiger partial charge in [-0.25, -0.2) is 14.8 Å². The van der Waals surface area contributed by atoms with Gasteiger partial charge < -0.3 is 15.2 Å². The summed E-state index contributed by atoms with van der Waals surface area (Å²) in [5, 5.41) is 8.78. The molecule has 1 aliphatic rings. The quantitative estimate of drug-likeness (QED) is 0.587.